The molecule has 9 nitrogen and oxygen atoms in total. The molecule has 0 spiro atoms. The average Bonchev–Trinajstić information content (AvgIpc) is 3.55. The Bertz CT molecular complexity index is 1290. The van der Waals surface area contributed by atoms with E-state index in [1.807, 2.05) is 44.2 Å². The lowest BCUT2D eigenvalue weighted by atomic mass is 9.81. The predicted octanol–water partition coefficient (Wildman–Crippen LogP) is 2.23. The van der Waals surface area contributed by atoms with Gasteiger partial charge >= 0.3 is 0 Å². The number of hydrogen-bond donors (Lipinski definition) is 5. The van der Waals surface area contributed by atoms with E-state index in [0.717, 1.165) is 23.8 Å². The van der Waals surface area contributed by atoms with Crippen molar-refractivity contribution < 1.29 is 33.4 Å². The normalized spacial score (nSPS) is 24.5. The van der Waals surface area contributed by atoms with Crippen LogP contribution in [0.3, 0.4) is 0 Å². The average molecular weight is 615 g/mol. The molecule has 7 atom stereocenters. The van der Waals surface area contributed by atoms with Crippen molar-refractivity contribution in [2.24, 2.45) is 5.92 Å². The molecular formula is C33H44F2N4O5. The number of carbonyl (C=O) groups is 3. The van der Waals surface area contributed by atoms with Gasteiger partial charge in [-0.25, -0.2) is 8.78 Å². The zero-order chi connectivity index (χ0) is 32.0. The van der Waals surface area contributed by atoms with Crippen LogP contribution in [0.2, 0.25) is 0 Å². The maximum Gasteiger partial charge on any atom is 0.249 e. The smallest absolute Gasteiger partial charge is 0.249 e. The standard InChI is InChI=1S/C33H44F2N4O5/c1-4-20(2)33(38-21(3)40)12-13-39(32(33)44)29(11-10-22-8-6-5-7-9-22)31(43)37-28(30(42)27-18-26(41)19-36-27)16-23-14-24(34)17-25(35)15-23/h5-9,14-15,17,20,26-30,36,41-42H,4,10-13,16,18-19H2,1-3H3,(H,37,43)(H,38,40)/t20-,26+,27-,28+,29?,30-,33?/m1/s1. The summed E-state index contributed by atoms with van der Waals surface area (Å²) >= 11 is 0. The number of amides is 3. The third-order valence-corrected chi connectivity index (χ3v) is 9.14. The van der Waals surface area contributed by atoms with E-state index in [4.69, 9.17) is 0 Å². The molecule has 0 saturated carbocycles. The number of likely N-dealkylation sites (tertiary alicyclic amines) is 1. The van der Waals surface area contributed by atoms with Crippen LogP contribution in [-0.4, -0.2) is 81.8 Å². The second-order valence-corrected chi connectivity index (χ2v) is 12.2. The minimum absolute atomic E-state index is 0.0854. The summed E-state index contributed by atoms with van der Waals surface area (Å²) in [5.41, 5.74) is 0.0706. The van der Waals surface area contributed by atoms with Gasteiger partial charge in [0.1, 0.15) is 23.2 Å². The third kappa shape index (κ3) is 7.80. The van der Waals surface area contributed by atoms with Crippen LogP contribution in [0.5, 0.6) is 0 Å². The number of nitrogens with zero attached hydrogens (tertiary/aromatic N) is 1. The number of aliphatic hydroxyl groups excluding tert-OH is 2. The molecule has 2 aliphatic rings. The minimum atomic E-state index is -1.20. The molecule has 2 aromatic carbocycles. The first-order chi connectivity index (χ1) is 20.9. The van der Waals surface area contributed by atoms with Crippen LogP contribution in [-0.2, 0) is 27.2 Å². The van der Waals surface area contributed by atoms with Crippen molar-refractivity contribution in [3.05, 3.63) is 71.3 Å². The maximum absolute atomic E-state index is 14.2. The van der Waals surface area contributed by atoms with E-state index in [1.165, 1.54) is 11.8 Å². The first-order valence-corrected chi connectivity index (χ1v) is 15.4. The van der Waals surface area contributed by atoms with Gasteiger partial charge in [0.2, 0.25) is 17.7 Å². The molecular weight excluding hydrogens is 570 g/mol. The van der Waals surface area contributed by atoms with Gasteiger partial charge in [-0.3, -0.25) is 14.4 Å². The zero-order valence-corrected chi connectivity index (χ0v) is 25.6. The molecule has 5 N–H and O–H groups in total. The molecule has 0 aliphatic carbocycles. The van der Waals surface area contributed by atoms with Crippen molar-refractivity contribution >= 4 is 17.7 Å². The van der Waals surface area contributed by atoms with Crippen molar-refractivity contribution in [2.45, 2.75) is 95.2 Å². The summed E-state index contributed by atoms with van der Waals surface area (Å²) in [6.45, 7) is 5.73. The zero-order valence-electron chi connectivity index (χ0n) is 25.6. The monoisotopic (exact) mass is 614 g/mol. The lowest BCUT2D eigenvalue weighted by Gasteiger charge is -2.36. The van der Waals surface area contributed by atoms with Crippen molar-refractivity contribution in [1.82, 2.24) is 20.9 Å². The highest BCUT2D eigenvalue weighted by atomic mass is 19.1. The summed E-state index contributed by atoms with van der Waals surface area (Å²) < 4.78 is 28.2. The van der Waals surface area contributed by atoms with E-state index in [0.29, 0.717) is 19.3 Å². The largest absolute Gasteiger partial charge is 0.392 e. The molecule has 240 valence electrons. The van der Waals surface area contributed by atoms with Crippen LogP contribution in [0.1, 0.15) is 57.6 Å². The second-order valence-electron chi connectivity index (χ2n) is 12.2. The van der Waals surface area contributed by atoms with E-state index >= 15 is 0 Å². The molecule has 2 heterocycles. The lowest BCUT2D eigenvalue weighted by molar-refractivity contribution is -0.144. The van der Waals surface area contributed by atoms with Gasteiger partial charge < -0.3 is 31.1 Å². The quantitative estimate of drug-likeness (QED) is 0.235. The van der Waals surface area contributed by atoms with Crippen LogP contribution >= 0.6 is 0 Å². The van der Waals surface area contributed by atoms with Crippen LogP contribution in [0.4, 0.5) is 8.78 Å². The summed E-state index contributed by atoms with van der Waals surface area (Å²) in [5.74, 6) is -2.92. The Labute approximate surface area is 257 Å². The molecule has 0 bridgehead atoms. The van der Waals surface area contributed by atoms with Crippen LogP contribution in [0, 0.1) is 17.6 Å². The Morgan fingerprint density at radius 3 is 2.41 bits per heavy atom. The number of carbonyl (C=O) groups excluding carboxylic acids is 3. The van der Waals surface area contributed by atoms with Crippen LogP contribution < -0.4 is 16.0 Å². The highest BCUT2D eigenvalue weighted by Crippen LogP contribution is 2.34. The van der Waals surface area contributed by atoms with E-state index in [-0.39, 0.29) is 55.6 Å². The van der Waals surface area contributed by atoms with E-state index in [1.54, 1.807) is 0 Å². The minimum Gasteiger partial charge on any atom is -0.392 e. The van der Waals surface area contributed by atoms with E-state index in [2.05, 4.69) is 16.0 Å². The fourth-order valence-corrected chi connectivity index (χ4v) is 6.60. The molecule has 2 unspecified atom stereocenters. The number of aliphatic hydroxyl groups is 2. The highest BCUT2D eigenvalue weighted by Gasteiger charge is 2.53. The van der Waals surface area contributed by atoms with Gasteiger partial charge in [-0.1, -0.05) is 50.6 Å². The number of β-amino-alcohol motifs (C(OH)–C–C–N with tert-alkyl or cyclic N) is 1. The molecule has 4 rings (SSSR count). The van der Waals surface area contributed by atoms with Gasteiger partial charge in [-0.15, -0.1) is 0 Å². The summed E-state index contributed by atoms with van der Waals surface area (Å²) in [6.07, 6.45) is 0.00608. The van der Waals surface area contributed by atoms with Crippen LogP contribution in [0.15, 0.2) is 48.5 Å². The van der Waals surface area contributed by atoms with Crippen LogP contribution in [0.25, 0.3) is 0 Å². The van der Waals surface area contributed by atoms with Crippen molar-refractivity contribution in [1.29, 1.82) is 0 Å². The van der Waals surface area contributed by atoms with Crippen molar-refractivity contribution in [3.8, 4) is 0 Å². The molecule has 3 amide bonds. The number of halogens is 2. The number of rotatable bonds is 13. The summed E-state index contributed by atoms with van der Waals surface area (Å²) in [6, 6.07) is 10.1. The number of benzene rings is 2. The number of nitrogens with one attached hydrogen (secondary N) is 3. The molecule has 44 heavy (non-hydrogen) atoms. The van der Waals surface area contributed by atoms with Gasteiger partial charge in [0, 0.05) is 32.1 Å². The second kappa shape index (κ2) is 14.6. The maximum atomic E-state index is 14.2. The molecule has 0 aromatic heterocycles. The SMILES string of the molecule is CC[C@@H](C)C1(NC(C)=O)CCN(C(CCc2ccccc2)C(=O)N[C@@H](Cc2cc(F)cc(F)c2)[C@H](O)[C@H]2C[C@H](O)CN2)C1=O. The van der Waals surface area contributed by atoms with Gasteiger partial charge in [0.25, 0.3) is 0 Å². The topological polar surface area (TPSA) is 131 Å². The molecule has 0 radical (unpaired) electrons. The Morgan fingerprint density at radius 2 is 1.82 bits per heavy atom. The van der Waals surface area contributed by atoms with Gasteiger partial charge in [-0.05, 0) is 61.3 Å². The highest BCUT2D eigenvalue weighted by molar-refractivity contribution is 5.96. The van der Waals surface area contributed by atoms with Gasteiger partial charge in [0.05, 0.1) is 18.2 Å². The van der Waals surface area contributed by atoms with Gasteiger partial charge in [-0.2, -0.15) is 0 Å². The fraction of sp³-hybridized carbons (Fsp3) is 0.545. The van der Waals surface area contributed by atoms with E-state index < -0.39 is 53.4 Å². The Balaban J connectivity index is 1.64. The molecule has 2 fully saturated rings. The first-order valence-electron chi connectivity index (χ1n) is 15.4. The van der Waals surface area contributed by atoms with Crippen molar-refractivity contribution in [3.63, 3.8) is 0 Å². The molecule has 11 heteroatoms. The fourth-order valence-electron chi connectivity index (χ4n) is 6.60. The summed E-state index contributed by atoms with van der Waals surface area (Å²) in [5, 5.41) is 30.3. The first kappa shape index (κ1) is 33.5. The number of aryl methyl sites for hydroxylation is 1. The van der Waals surface area contributed by atoms with Crippen molar-refractivity contribution in [2.75, 3.05) is 13.1 Å². The molecule has 2 aliphatic heterocycles. The van der Waals surface area contributed by atoms with Gasteiger partial charge in [0.15, 0.2) is 0 Å². The predicted molar refractivity (Wildman–Crippen MR) is 161 cm³/mol. The molecule has 2 saturated heterocycles. The molecule has 2 aromatic rings. The van der Waals surface area contributed by atoms with E-state index in [9.17, 15) is 33.4 Å². The summed E-state index contributed by atoms with van der Waals surface area (Å²) in [7, 11) is 0. The lowest BCUT2D eigenvalue weighted by Crippen LogP contribution is -2.61. The number of hydrogen-bond acceptors (Lipinski definition) is 6. The Kier molecular flexibility index (Phi) is 11.1. The summed E-state index contributed by atoms with van der Waals surface area (Å²) in [4.78, 5) is 42.0. The Morgan fingerprint density at radius 1 is 1.14 bits per heavy atom. The Hall–Kier alpha value is -3.41. The third-order valence-electron chi connectivity index (χ3n) is 9.14.